The molecule has 0 saturated carbocycles. The predicted octanol–water partition coefficient (Wildman–Crippen LogP) is 2.62. The van der Waals surface area contributed by atoms with Gasteiger partial charge in [-0.15, -0.1) is 0 Å². The normalized spacial score (nSPS) is 15.8. The quantitative estimate of drug-likeness (QED) is 0.790. The molecule has 1 saturated heterocycles. The summed E-state index contributed by atoms with van der Waals surface area (Å²) in [7, 11) is 2.09. The molecule has 24 heavy (non-hydrogen) atoms. The van der Waals surface area contributed by atoms with Gasteiger partial charge in [0.15, 0.2) is 0 Å². The van der Waals surface area contributed by atoms with Crippen molar-refractivity contribution in [2.24, 2.45) is 0 Å². The summed E-state index contributed by atoms with van der Waals surface area (Å²) in [6.45, 7) is 3.48. The Hall–Kier alpha value is -2.66. The summed E-state index contributed by atoms with van der Waals surface area (Å²) in [6, 6.07) is 14.0. The summed E-state index contributed by atoms with van der Waals surface area (Å²) in [4.78, 5) is 24.1. The van der Waals surface area contributed by atoms with Gasteiger partial charge in [-0.05, 0) is 42.4 Å². The van der Waals surface area contributed by atoms with Crippen LogP contribution in [0.1, 0.15) is 10.4 Å². The van der Waals surface area contributed by atoms with Gasteiger partial charge in [0.25, 0.3) is 5.91 Å². The third-order valence-electron chi connectivity index (χ3n) is 4.68. The average Bonchev–Trinajstić information content (AvgIpc) is 3.09. The molecule has 1 fully saturated rings. The van der Waals surface area contributed by atoms with Gasteiger partial charge in [0.05, 0.1) is 17.4 Å². The minimum absolute atomic E-state index is 0.124. The van der Waals surface area contributed by atoms with E-state index in [-0.39, 0.29) is 5.91 Å². The highest BCUT2D eigenvalue weighted by atomic mass is 16.2. The molecule has 0 spiro atoms. The van der Waals surface area contributed by atoms with Crippen molar-refractivity contribution in [3.63, 3.8) is 0 Å². The van der Waals surface area contributed by atoms with Gasteiger partial charge in [-0.1, -0.05) is 18.2 Å². The number of carbonyl (C=O) groups excluding carboxylic acids is 1. The SMILES string of the molecule is CN1CCN(C(=O)c2ccc(-c3ccc4nc[nH]c4c3)cc2)CC1. The van der Waals surface area contributed by atoms with Gasteiger partial charge in [0.1, 0.15) is 0 Å². The zero-order valence-electron chi connectivity index (χ0n) is 13.7. The lowest BCUT2D eigenvalue weighted by molar-refractivity contribution is 0.0664. The van der Waals surface area contributed by atoms with Gasteiger partial charge in [0.2, 0.25) is 0 Å². The number of aromatic amines is 1. The van der Waals surface area contributed by atoms with Gasteiger partial charge in [-0.3, -0.25) is 4.79 Å². The maximum atomic E-state index is 12.6. The van der Waals surface area contributed by atoms with E-state index in [1.165, 1.54) is 0 Å². The molecule has 5 nitrogen and oxygen atoms in total. The van der Waals surface area contributed by atoms with Crippen LogP contribution in [0.4, 0.5) is 0 Å². The molecular weight excluding hydrogens is 300 g/mol. The molecule has 2 heterocycles. The Morgan fingerprint density at radius 2 is 1.71 bits per heavy atom. The zero-order chi connectivity index (χ0) is 16.5. The number of fused-ring (bicyclic) bond motifs is 1. The molecule has 5 heteroatoms. The van der Waals surface area contributed by atoms with Crippen LogP contribution in [0.3, 0.4) is 0 Å². The number of likely N-dealkylation sites (N-methyl/N-ethyl adjacent to an activating group) is 1. The molecule has 0 unspecified atom stereocenters. The van der Waals surface area contributed by atoms with Crippen LogP contribution >= 0.6 is 0 Å². The highest BCUT2D eigenvalue weighted by Gasteiger charge is 2.20. The highest BCUT2D eigenvalue weighted by molar-refractivity contribution is 5.95. The van der Waals surface area contributed by atoms with Gasteiger partial charge < -0.3 is 14.8 Å². The Labute approximate surface area is 140 Å². The van der Waals surface area contributed by atoms with Gasteiger partial charge in [-0.2, -0.15) is 0 Å². The first-order valence-corrected chi connectivity index (χ1v) is 8.22. The van der Waals surface area contributed by atoms with Crippen LogP contribution in [0.25, 0.3) is 22.2 Å². The molecule has 2 aromatic carbocycles. The Kier molecular flexibility index (Phi) is 3.78. The van der Waals surface area contributed by atoms with Crippen molar-refractivity contribution in [2.75, 3.05) is 33.2 Å². The number of nitrogens with zero attached hydrogens (tertiary/aromatic N) is 3. The monoisotopic (exact) mass is 320 g/mol. The smallest absolute Gasteiger partial charge is 0.253 e. The molecule has 1 aliphatic rings. The van der Waals surface area contributed by atoms with Gasteiger partial charge >= 0.3 is 0 Å². The van der Waals surface area contributed by atoms with E-state index in [1.54, 1.807) is 6.33 Å². The largest absolute Gasteiger partial charge is 0.345 e. The molecule has 0 bridgehead atoms. The highest BCUT2D eigenvalue weighted by Crippen LogP contribution is 2.23. The molecule has 1 N–H and O–H groups in total. The number of H-pyrrole nitrogens is 1. The number of aromatic nitrogens is 2. The zero-order valence-corrected chi connectivity index (χ0v) is 13.7. The summed E-state index contributed by atoms with van der Waals surface area (Å²) in [5.41, 5.74) is 4.95. The van der Waals surface area contributed by atoms with Crippen molar-refractivity contribution in [3.8, 4) is 11.1 Å². The molecule has 0 atom stereocenters. The van der Waals surface area contributed by atoms with Crippen molar-refractivity contribution >= 4 is 16.9 Å². The number of nitrogens with one attached hydrogen (secondary N) is 1. The van der Waals surface area contributed by atoms with E-state index < -0.39 is 0 Å². The first-order valence-electron chi connectivity index (χ1n) is 8.22. The van der Waals surface area contributed by atoms with Crippen LogP contribution < -0.4 is 0 Å². The fourth-order valence-corrected chi connectivity index (χ4v) is 3.11. The van der Waals surface area contributed by atoms with E-state index in [4.69, 9.17) is 0 Å². The number of rotatable bonds is 2. The lowest BCUT2D eigenvalue weighted by Gasteiger charge is -2.32. The van der Waals surface area contributed by atoms with Crippen LogP contribution in [-0.2, 0) is 0 Å². The minimum atomic E-state index is 0.124. The molecule has 1 aromatic heterocycles. The van der Waals surface area contributed by atoms with Gasteiger partial charge in [-0.25, -0.2) is 4.98 Å². The van der Waals surface area contributed by atoms with Crippen molar-refractivity contribution in [1.82, 2.24) is 19.8 Å². The fourth-order valence-electron chi connectivity index (χ4n) is 3.11. The first-order chi connectivity index (χ1) is 11.7. The molecular formula is C19H20N4O. The second-order valence-electron chi connectivity index (χ2n) is 6.31. The molecule has 3 aromatic rings. The van der Waals surface area contributed by atoms with E-state index in [0.717, 1.165) is 53.9 Å². The van der Waals surface area contributed by atoms with Crippen LogP contribution in [-0.4, -0.2) is 58.9 Å². The van der Waals surface area contributed by atoms with E-state index in [9.17, 15) is 4.79 Å². The Bertz CT molecular complexity index is 860. The Morgan fingerprint density at radius 3 is 2.46 bits per heavy atom. The summed E-state index contributed by atoms with van der Waals surface area (Å²) in [6.07, 6.45) is 1.70. The lowest BCUT2D eigenvalue weighted by atomic mass is 10.0. The summed E-state index contributed by atoms with van der Waals surface area (Å²) < 4.78 is 0. The van der Waals surface area contributed by atoms with Crippen molar-refractivity contribution < 1.29 is 4.79 Å². The van der Waals surface area contributed by atoms with E-state index >= 15 is 0 Å². The number of piperazine rings is 1. The van der Waals surface area contributed by atoms with Crippen LogP contribution in [0.15, 0.2) is 48.8 Å². The molecule has 1 aliphatic heterocycles. The molecule has 1 amide bonds. The van der Waals surface area contributed by atoms with E-state index in [1.807, 2.05) is 35.2 Å². The number of hydrogen-bond acceptors (Lipinski definition) is 3. The van der Waals surface area contributed by atoms with E-state index in [0.29, 0.717) is 0 Å². The van der Waals surface area contributed by atoms with Crippen molar-refractivity contribution in [3.05, 3.63) is 54.4 Å². The predicted molar refractivity (Wildman–Crippen MR) is 94.9 cm³/mol. The Morgan fingerprint density at radius 1 is 1.00 bits per heavy atom. The second-order valence-corrected chi connectivity index (χ2v) is 6.31. The molecule has 122 valence electrons. The van der Waals surface area contributed by atoms with Crippen LogP contribution in [0.2, 0.25) is 0 Å². The fraction of sp³-hybridized carbons (Fsp3) is 0.263. The minimum Gasteiger partial charge on any atom is -0.345 e. The maximum absolute atomic E-state index is 12.6. The molecule has 0 radical (unpaired) electrons. The maximum Gasteiger partial charge on any atom is 0.253 e. The summed E-state index contributed by atoms with van der Waals surface area (Å²) in [5, 5.41) is 0. The van der Waals surface area contributed by atoms with Crippen LogP contribution in [0, 0.1) is 0 Å². The Balaban J connectivity index is 1.54. The van der Waals surface area contributed by atoms with Crippen molar-refractivity contribution in [2.45, 2.75) is 0 Å². The first kappa shape index (κ1) is 14.9. The number of benzene rings is 2. The third kappa shape index (κ3) is 2.78. The second kappa shape index (κ2) is 6.09. The number of amides is 1. The number of imidazole rings is 1. The lowest BCUT2D eigenvalue weighted by Crippen LogP contribution is -2.47. The summed E-state index contributed by atoms with van der Waals surface area (Å²) >= 11 is 0. The topological polar surface area (TPSA) is 52.2 Å². The number of carbonyl (C=O) groups is 1. The standard InChI is InChI=1S/C19H20N4O/c1-22-8-10-23(11-9-22)19(24)15-4-2-14(3-5-15)16-6-7-17-18(12-16)21-13-20-17/h2-7,12-13H,8-11H2,1H3,(H,20,21). The van der Waals surface area contributed by atoms with E-state index in [2.05, 4.69) is 34.0 Å². The summed E-state index contributed by atoms with van der Waals surface area (Å²) in [5.74, 6) is 0.124. The molecule has 0 aliphatic carbocycles. The van der Waals surface area contributed by atoms with Crippen molar-refractivity contribution in [1.29, 1.82) is 0 Å². The number of hydrogen-bond donors (Lipinski definition) is 1. The average molecular weight is 320 g/mol. The third-order valence-corrected chi connectivity index (χ3v) is 4.68. The van der Waals surface area contributed by atoms with Gasteiger partial charge in [0, 0.05) is 31.7 Å². The molecule has 4 rings (SSSR count). The van der Waals surface area contributed by atoms with Crippen LogP contribution in [0.5, 0.6) is 0 Å².